The summed E-state index contributed by atoms with van der Waals surface area (Å²) in [6.07, 6.45) is 7.04. The van der Waals surface area contributed by atoms with E-state index < -0.39 is 0 Å². The first-order valence-corrected chi connectivity index (χ1v) is 8.98. The number of carbonyl (C=O) groups excluding carboxylic acids is 1. The Labute approximate surface area is 138 Å². The van der Waals surface area contributed by atoms with Crippen LogP contribution >= 0.6 is 0 Å². The van der Waals surface area contributed by atoms with Gasteiger partial charge in [0, 0.05) is 25.9 Å². The Morgan fingerprint density at radius 1 is 1.17 bits per heavy atom. The maximum absolute atomic E-state index is 12.9. The fourth-order valence-corrected chi connectivity index (χ4v) is 3.77. The second-order valence-corrected chi connectivity index (χ2v) is 6.92. The smallest absolute Gasteiger partial charge is 0.239 e. The molecule has 1 amide bonds. The molecule has 2 aliphatic rings. The molecule has 3 heterocycles. The van der Waals surface area contributed by atoms with Crippen LogP contribution in [0.5, 0.6) is 0 Å². The van der Waals surface area contributed by atoms with Gasteiger partial charge in [0.2, 0.25) is 11.8 Å². The molecular weight excluding hydrogens is 292 g/mol. The average Bonchev–Trinajstić information content (AvgIpc) is 2.84. The third-order valence-corrected chi connectivity index (χ3v) is 5.19. The molecule has 128 valence electrons. The van der Waals surface area contributed by atoms with Crippen molar-refractivity contribution in [1.29, 1.82) is 0 Å². The molecule has 0 aliphatic carbocycles. The molecule has 0 aromatic carbocycles. The molecule has 0 unspecified atom stereocenters. The summed E-state index contributed by atoms with van der Waals surface area (Å²) in [5.74, 6) is 1.82. The number of carbonyl (C=O) groups is 1. The molecule has 23 heavy (non-hydrogen) atoms. The molecular formula is C17H28N4O2. The third-order valence-electron chi connectivity index (χ3n) is 5.19. The molecule has 2 saturated heterocycles. The zero-order valence-electron chi connectivity index (χ0n) is 14.3. The lowest BCUT2D eigenvalue weighted by Crippen LogP contribution is -2.50. The monoisotopic (exact) mass is 320 g/mol. The van der Waals surface area contributed by atoms with Gasteiger partial charge in [-0.1, -0.05) is 18.0 Å². The van der Waals surface area contributed by atoms with Gasteiger partial charge < -0.3 is 9.42 Å². The molecule has 0 saturated carbocycles. The molecule has 0 bridgehead atoms. The van der Waals surface area contributed by atoms with E-state index in [1.54, 1.807) is 0 Å². The molecule has 1 aromatic heterocycles. The normalized spacial score (nSPS) is 25.1. The van der Waals surface area contributed by atoms with Crippen LogP contribution in [-0.2, 0) is 4.79 Å². The Kier molecular flexibility index (Phi) is 5.30. The molecule has 2 aliphatic heterocycles. The highest BCUT2D eigenvalue weighted by molar-refractivity contribution is 5.81. The van der Waals surface area contributed by atoms with Crippen LogP contribution in [0.3, 0.4) is 0 Å². The van der Waals surface area contributed by atoms with Gasteiger partial charge in [0.15, 0.2) is 5.82 Å². The van der Waals surface area contributed by atoms with E-state index in [1.165, 1.54) is 25.7 Å². The summed E-state index contributed by atoms with van der Waals surface area (Å²) in [4.78, 5) is 21.6. The van der Waals surface area contributed by atoms with E-state index >= 15 is 0 Å². The molecule has 2 fully saturated rings. The van der Waals surface area contributed by atoms with Crippen LogP contribution in [-0.4, -0.2) is 58.1 Å². The first-order chi connectivity index (χ1) is 11.1. The van der Waals surface area contributed by atoms with Gasteiger partial charge in [0.1, 0.15) is 0 Å². The van der Waals surface area contributed by atoms with Crippen molar-refractivity contribution in [2.24, 2.45) is 0 Å². The van der Waals surface area contributed by atoms with Gasteiger partial charge in [-0.05, 0) is 45.7 Å². The van der Waals surface area contributed by atoms with Crippen molar-refractivity contribution in [3.63, 3.8) is 0 Å². The van der Waals surface area contributed by atoms with Gasteiger partial charge in [0.05, 0.1) is 6.04 Å². The molecule has 0 spiro atoms. The summed E-state index contributed by atoms with van der Waals surface area (Å²) in [5.41, 5.74) is 0. The SMILES string of the molecule is Cc1nc([C@@H]2CCCN(C(=O)[C@H](C)N3CCCCCC3)C2)no1. The summed E-state index contributed by atoms with van der Waals surface area (Å²) in [6.45, 7) is 7.54. The Hall–Kier alpha value is -1.43. The molecule has 1 aromatic rings. The standard InChI is InChI=1S/C17H28N4O2/c1-13(20-9-5-3-4-6-10-20)17(22)21-11-7-8-15(12-21)16-18-14(2)23-19-16/h13,15H,3-12H2,1-2H3/t13-,15+/m0/s1. The fraction of sp³-hybridized carbons (Fsp3) is 0.824. The first kappa shape index (κ1) is 16.4. The molecule has 6 heteroatoms. The number of aromatic nitrogens is 2. The van der Waals surface area contributed by atoms with Gasteiger partial charge >= 0.3 is 0 Å². The number of hydrogen-bond acceptors (Lipinski definition) is 5. The molecule has 0 N–H and O–H groups in total. The highest BCUT2D eigenvalue weighted by Crippen LogP contribution is 2.26. The van der Waals surface area contributed by atoms with Crippen molar-refractivity contribution >= 4 is 5.91 Å². The molecule has 6 nitrogen and oxygen atoms in total. The molecule has 0 radical (unpaired) electrons. The number of rotatable bonds is 3. The van der Waals surface area contributed by atoms with E-state index in [4.69, 9.17) is 4.52 Å². The lowest BCUT2D eigenvalue weighted by atomic mass is 9.96. The van der Waals surface area contributed by atoms with Gasteiger partial charge in [0.25, 0.3) is 0 Å². The quantitative estimate of drug-likeness (QED) is 0.855. The zero-order valence-corrected chi connectivity index (χ0v) is 14.3. The predicted octanol–water partition coefficient (Wildman–Crippen LogP) is 2.35. The van der Waals surface area contributed by atoms with Crippen LogP contribution < -0.4 is 0 Å². The Bertz CT molecular complexity index is 522. The highest BCUT2D eigenvalue weighted by Gasteiger charge is 2.32. The van der Waals surface area contributed by atoms with E-state index in [1.807, 2.05) is 11.8 Å². The van der Waals surface area contributed by atoms with Crippen molar-refractivity contribution in [2.45, 2.75) is 64.3 Å². The Balaban J connectivity index is 1.61. The number of nitrogens with zero attached hydrogens (tertiary/aromatic N) is 4. The average molecular weight is 320 g/mol. The van der Waals surface area contributed by atoms with Crippen molar-refractivity contribution in [2.75, 3.05) is 26.2 Å². The van der Waals surface area contributed by atoms with Crippen LogP contribution in [0, 0.1) is 6.92 Å². The van der Waals surface area contributed by atoms with E-state index in [-0.39, 0.29) is 17.9 Å². The van der Waals surface area contributed by atoms with Gasteiger partial charge in [-0.25, -0.2) is 0 Å². The number of piperidine rings is 1. The van der Waals surface area contributed by atoms with E-state index in [0.717, 1.165) is 44.8 Å². The lowest BCUT2D eigenvalue weighted by molar-refractivity contribution is -0.137. The summed E-state index contributed by atoms with van der Waals surface area (Å²) in [7, 11) is 0. The minimum Gasteiger partial charge on any atom is -0.341 e. The van der Waals surface area contributed by atoms with Crippen molar-refractivity contribution in [3.05, 3.63) is 11.7 Å². The van der Waals surface area contributed by atoms with Crippen LogP contribution in [0.4, 0.5) is 0 Å². The van der Waals surface area contributed by atoms with E-state index in [2.05, 4.69) is 22.0 Å². The summed E-state index contributed by atoms with van der Waals surface area (Å²) in [6, 6.07) is -0.0149. The number of hydrogen-bond donors (Lipinski definition) is 0. The second kappa shape index (κ2) is 7.43. The lowest BCUT2D eigenvalue weighted by Gasteiger charge is -2.36. The maximum atomic E-state index is 12.9. The first-order valence-electron chi connectivity index (χ1n) is 8.98. The minimum atomic E-state index is -0.0149. The minimum absolute atomic E-state index is 0.0149. The van der Waals surface area contributed by atoms with Gasteiger partial charge in [-0.15, -0.1) is 0 Å². The van der Waals surface area contributed by atoms with Crippen LogP contribution in [0.25, 0.3) is 0 Å². The largest absolute Gasteiger partial charge is 0.341 e. The number of amides is 1. The Morgan fingerprint density at radius 3 is 2.57 bits per heavy atom. The molecule has 3 rings (SSSR count). The number of likely N-dealkylation sites (tertiary alicyclic amines) is 2. The maximum Gasteiger partial charge on any atom is 0.239 e. The fourth-order valence-electron chi connectivity index (χ4n) is 3.77. The second-order valence-electron chi connectivity index (χ2n) is 6.92. The van der Waals surface area contributed by atoms with Crippen molar-refractivity contribution in [3.8, 4) is 0 Å². The number of aryl methyl sites for hydroxylation is 1. The van der Waals surface area contributed by atoms with E-state index in [0.29, 0.717) is 5.89 Å². The van der Waals surface area contributed by atoms with Crippen LogP contribution in [0.2, 0.25) is 0 Å². The van der Waals surface area contributed by atoms with E-state index in [9.17, 15) is 4.79 Å². The van der Waals surface area contributed by atoms with Crippen LogP contribution in [0.15, 0.2) is 4.52 Å². The summed E-state index contributed by atoms with van der Waals surface area (Å²) >= 11 is 0. The van der Waals surface area contributed by atoms with Crippen LogP contribution in [0.1, 0.15) is 63.1 Å². The van der Waals surface area contributed by atoms with Crippen molar-refractivity contribution < 1.29 is 9.32 Å². The van der Waals surface area contributed by atoms with Gasteiger partial charge in [-0.2, -0.15) is 4.98 Å². The summed E-state index contributed by atoms with van der Waals surface area (Å²) < 4.78 is 5.10. The molecule has 2 atom stereocenters. The Morgan fingerprint density at radius 2 is 1.91 bits per heavy atom. The summed E-state index contributed by atoms with van der Waals surface area (Å²) in [5, 5.41) is 4.05. The van der Waals surface area contributed by atoms with Gasteiger partial charge in [-0.3, -0.25) is 9.69 Å². The van der Waals surface area contributed by atoms with Crippen molar-refractivity contribution in [1.82, 2.24) is 19.9 Å². The predicted molar refractivity (Wildman–Crippen MR) is 87.1 cm³/mol. The third kappa shape index (κ3) is 3.91. The highest BCUT2D eigenvalue weighted by atomic mass is 16.5. The topological polar surface area (TPSA) is 62.5 Å². The zero-order chi connectivity index (χ0) is 16.2.